The van der Waals surface area contributed by atoms with E-state index in [1.807, 2.05) is 5.10 Å². The topological polar surface area (TPSA) is 105 Å². The SMILES string of the molecule is O=C(Nc1ccc(N2CCOCC2)cc1)c1cnn(-c2ccc(=O)[nH]n2)c1C(F)(F)F. The molecule has 0 radical (unpaired) electrons. The average molecular weight is 434 g/mol. The number of morpholine rings is 1. The maximum atomic E-state index is 13.7. The van der Waals surface area contributed by atoms with E-state index in [1.165, 1.54) is 0 Å². The number of ether oxygens (including phenoxy) is 1. The summed E-state index contributed by atoms with van der Waals surface area (Å²) in [6, 6.07) is 8.87. The molecule has 12 heteroatoms. The fraction of sp³-hybridized carbons (Fsp3) is 0.263. The number of carbonyl (C=O) groups is 1. The minimum Gasteiger partial charge on any atom is -0.378 e. The Morgan fingerprint density at radius 2 is 1.81 bits per heavy atom. The molecule has 1 aliphatic rings. The van der Waals surface area contributed by atoms with Crippen molar-refractivity contribution in [1.82, 2.24) is 20.0 Å². The maximum Gasteiger partial charge on any atom is 0.434 e. The molecule has 0 unspecified atom stereocenters. The van der Waals surface area contributed by atoms with Crippen LogP contribution in [0, 0.1) is 0 Å². The summed E-state index contributed by atoms with van der Waals surface area (Å²) in [6.45, 7) is 2.71. The van der Waals surface area contributed by atoms with Crippen LogP contribution in [0.15, 0.2) is 47.4 Å². The fourth-order valence-electron chi connectivity index (χ4n) is 3.19. The Labute approximate surface area is 173 Å². The predicted molar refractivity (Wildman–Crippen MR) is 104 cm³/mol. The molecule has 1 fully saturated rings. The number of H-pyrrole nitrogens is 1. The van der Waals surface area contributed by atoms with Gasteiger partial charge in [-0.3, -0.25) is 9.59 Å². The van der Waals surface area contributed by atoms with Crippen LogP contribution in [-0.2, 0) is 10.9 Å². The van der Waals surface area contributed by atoms with Gasteiger partial charge in [-0.25, -0.2) is 9.78 Å². The normalized spacial score (nSPS) is 14.5. The molecular weight excluding hydrogens is 417 g/mol. The van der Waals surface area contributed by atoms with Crippen molar-refractivity contribution in [2.24, 2.45) is 0 Å². The van der Waals surface area contributed by atoms with Crippen LogP contribution in [0.4, 0.5) is 24.5 Å². The number of nitrogens with zero attached hydrogens (tertiary/aromatic N) is 4. The van der Waals surface area contributed by atoms with E-state index >= 15 is 0 Å². The Morgan fingerprint density at radius 1 is 1.10 bits per heavy atom. The molecular formula is C19H17F3N6O3. The number of rotatable bonds is 4. The summed E-state index contributed by atoms with van der Waals surface area (Å²) in [5, 5.41) is 11.7. The number of carbonyl (C=O) groups excluding carboxylic acids is 1. The van der Waals surface area contributed by atoms with Gasteiger partial charge in [0.15, 0.2) is 11.5 Å². The standard InChI is InChI=1S/C19H17F3N6O3/c20-19(21,22)17-14(11-23-28(17)15-5-6-16(29)26-25-15)18(30)24-12-1-3-13(4-2-12)27-7-9-31-10-8-27/h1-6,11H,7-10H2,(H,24,30)(H,26,29). The monoisotopic (exact) mass is 434 g/mol. The highest BCUT2D eigenvalue weighted by molar-refractivity contribution is 6.05. The first-order valence-electron chi connectivity index (χ1n) is 9.28. The van der Waals surface area contributed by atoms with Crippen LogP contribution in [0.5, 0.6) is 0 Å². The number of anilines is 2. The number of alkyl halides is 3. The van der Waals surface area contributed by atoms with Gasteiger partial charge in [-0.2, -0.15) is 23.4 Å². The summed E-state index contributed by atoms with van der Waals surface area (Å²) in [4.78, 5) is 25.8. The van der Waals surface area contributed by atoms with Crippen LogP contribution < -0.4 is 15.8 Å². The van der Waals surface area contributed by atoms with Crippen LogP contribution in [-0.4, -0.2) is 52.2 Å². The maximum absolute atomic E-state index is 13.7. The summed E-state index contributed by atoms with van der Waals surface area (Å²) < 4.78 is 46.9. The fourth-order valence-corrected chi connectivity index (χ4v) is 3.19. The van der Waals surface area contributed by atoms with E-state index in [0.29, 0.717) is 23.6 Å². The number of aromatic nitrogens is 4. The Kier molecular flexibility index (Phi) is 5.46. The lowest BCUT2D eigenvalue weighted by Crippen LogP contribution is -2.36. The Morgan fingerprint density at radius 3 is 2.42 bits per heavy atom. The first-order valence-corrected chi connectivity index (χ1v) is 9.28. The number of aromatic amines is 1. The van der Waals surface area contributed by atoms with Crippen molar-refractivity contribution >= 4 is 17.3 Å². The number of nitrogens with one attached hydrogen (secondary N) is 2. The van der Waals surface area contributed by atoms with Crippen molar-refractivity contribution in [3.8, 4) is 5.82 Å². The number of benzene rings is 1. The Hall–Kier alpha value is -3.67. The Balaban J connectivity index is 1.58. The second kappa shape index (κ2) is 8.22. The smallest absolute Gasteiger partial charge is 0.378 e. The van der Waals surface area contributed by atoms with E-state index in [-0.39, 0.29) is 5.82 Å². The number of hydrogen-bond donors (Lipinski definition) is 2. The van der Waals surface area contributed by atoms with Gasteiger partial charge in [0.25, 0.3) is 11.5 Å². The molecule has 2 aromatic heterocycles. The third-order valence-electron chi connectivity index (χ3n) is 4.67. The van der Waals surface area contributed by atoms with Crippen molar-refractivity contribution in [3.05, 3.63) is 64.2 Å². The third-order valence-corrected chi connectivity index (χ3v) is 4.67. The van der Waals surface area contributed by atoms with Gasteiger partial charge in [0.2, 0.25) is 0 Å². The minimum atomic E-state index is -4.89. The zero-order chi connectivity index (χ0) is 22.0. The molecule has 4 rings (SSSR count). The molecule has 1 aromatic carbocycles. The lowest BCUT2D eigenvalue weighted by atomic mass is 10.2. The molecule has 162 valence electrons. The molecule has 1 amide bonds. The first-order chi connectivity index (χ1) is 14.8. The average Bonchev–Trinajstić information content (AvgIpc) is 3.21. The van der Waals surface area contributed by atoms with Gasteiger partial charge < -0.3 is 15.0 Å². The molecule has 0 aliphatic carbocycles. The number of halogens is 3. The van der Waals surface area contributed by atoms with E-state index in [0.717, 1.165) is 37.1 Å². The molecule has 2 N–H and O–H groups in total. The molecule has 9 nitrogen and oxygen atoms in total. The van der Waals surface area contributed by atoms with Crippen LogP contribution in [0.1, 0.15) is 16.1 Å². The second-order valence-electron chi connectivity index (χ2n) is 6.70. The van der Waals surface area contributed by atoms with Crippen molar-refractivity contribution in [1.29, 1.82) is 0 Å². The first kappa shape index (κ1) is 20.6. The van der Waals surface area contributed by atoms with E-state index in [9.17, 15) is 22.8 Å². The van der Waals surface area contributed by atoms with E-state index in [1.54, 1.807) is 24.3 Å². The largest absolute Gasteiger partial charge is 0.434 e. The van der Waals surface area contributed by atoms with Crippen molar-refractivity contribution in [2.45, 2.75) is 6.18 Å². The molecule has 1 saturated heterocycles. The number of amides is 1. The van der Waals surface area contributed by atoms with Gasteiger partial charge >= 0.3 is 6.18 Å². The number of hydrogen-bond acceptors (Lipinski definition) is 6. The molecule has 3 heterocycles. The molecule has 0 spiro atoms. The zero-order valence-electron chi connectivity index (χ0n) is 16.0. The zero-order valence-corrected chi connectivity index (χ0v) is 16.0. The lowest BCUT2D eigenvalue weighted by molar-refractivity contribution is -0.143. The summed E-state index contributed by atoms with van der Waals surface area (Å²) in [5.41, 5.74) is -1.28. The van der Waals surface area contributed by atoms with Gasteiger partial charge in [-0.1, -0.05) is 0 Å². The summed E-state index contributed by atoms with van der Waals surface area (Å²) >= 11 is 0. The second-order valence-corrected chi connectivity index (χ2v) is 6.70. The summed E-state index contributed by atoms with van der Waals surface area (Å²) in [7, 11) is 0. The van der Waals surface area contributed by atoms with Gasteiger partial charge in [-0.15, -0.1) is 0 Å². The van der Waals surface area contributed by atoms with Crippen LogP contribution >= 0.6 is 0 Å². The highest BCUT2D eigenvalue weighted by Crippen LogP contribution is 2.33. The molecule has 1 aliphatic heterocycles. The minimum absolute atomic E-state index is 0.277. The Bertz CT molecular complexity index is 1110. The molecule has 0 atom stereocenters. The van der Waals surface area contributed by atoms with Crippen molar-refractivity contribution in [3.63, 3.8) is 0 Å². The predicted octanol–water partition coefficient (Wildman–Crippen LogP) is 2.06. The van der Waals surface area contributed by atoms with Crippen LogP contribution in [0.25, 0.3) is 5.82 Å². The van der Waals surface area contributed by atoms with Gasteiger partial charge in [0.1, 0.15) is 0 Å². The quantitative estimate of drug-likeness (QED) is 0.652. The molecule has 3 aromatic rings. The van der Waals surface area contributed by atoms with Gasteiger partial charge in [-0.05, 0) is 30.3 Å². The highest BCUT2D eigenvalue weighted by atomic mass is 19.4. The van der Waals surface area contributed by atoms with Gasteiger partial charge in [0, 0.05) is 30.5 Å². The third kappa shape index (κ3) is 4.43. The van der Waals surface area contributed by atoms with Crippen LogP contribution in [0.3, 0.4) is 0 Å². The van der Waals surface area contributed by atoms with Crippen molar-refractivity contribution < 1.29 is 22.7 Å². The summed E-state index contributed by atoms with van der Waals surface area (Å²) in [5.74, 6) is -1.25. The molecule has 31 heavy (non-hydrogen) atoms. The van der Waals surface area contributed by atoms with E-state index in [4.69, 9.17) is 4.74 Å². The van der Waals surface area contributed by atoms with Crippen molar-refractivity contribution in [2.75, 3.05) is 36.5 Å². The lowest BCUT2D eigenvalue weighted by Gasteiger charge is -2.28. The van der Waals surface area contributed by atoms with Gasteiger partial charge in [0.05, 0.1) is 25.0 Å². The van der Waals surface area contributed by atoms with E-state index < -0.39 is 28.9 Å². The van der Waals surface area contributed by atoms with Crippen LogP contribution in [0.2, 0.25) is 0 Å². The highest BCUT2D eigenvalue weighted by Gasteiger charge is 2.41. The molecule has 0 saturated carbocycles. The summed E-state index contributed by atoms with van der Waals surface area (Å²) in [6.07, 6.45) is -4.08. The molecule has 0 bridgehead atoms. The van der Waals surface area contributed by atoms with E-state index in [2.05, 4.69) is 20.4 Å².